The van der Waals surface area contributed by atoms with Gasteiger partial charge in [-0.1, -0.05) is 22.9 Å². The molecule has 0 unspecified atom stereocenters. The minimum atomic E-state index is -0.454. The van der Waals surface area contributed by atoms with Crippen molar-refractivity contribution >= 4 is 21.7 Å². The van der Waals surface area contributed by atoms with Gasteiger partial charge in [-0.15, -0.1) is 0 Å². The Balaban J connectivity index is 2.92. The number of benzene rings is 1. The second-order valence-electron chi connectivity index (χ2n) is 3.29. The lowest BCUT2D eigenvalue weighted by Crippen LogP contribution is -2.06. The van der Waals surface area contributed by atoms with E-state index in [-0.39, 0.29) is 5.78 Å². The molecule has 1 N–H and O–H groups in total. The fourth-order valence-electron chi connectivity index (χ4n) is 1.41. The Hall–Kier alpha value is -0.870. The van der Waals surface area contributed by atoms with Gasteiger partial charge in [0.1, 0.15) is 12.4 Å². The van der Waals surface area contributed by atoms with E-state index in [0.29, 0.717) is 12.2 Å². The highest BCUT2D eigenvalue weighted by Crippen LogP contribution is 2.21. The first-order valence-corrected chi connectivity index (χ1v) is 6.30. The molecular weight excluding hydrogens is 272 g/mol. The van der Waals surface area contributed by atoms with Crippen molar-refractivity contribution in [3.63, 3.8) is 0 Å². The number of ketones is 1. The number of aliphatic hydroxyl groups excluding tert-OH is 1. The number of carbonyl (C=O) groups excluding carboxylic acids is 1. The van der Waals surface area contributed by atoms with E-state index in [2.05, 4.69) is 15.9 Å². The van der Waals surface area contributed by atoms with Crippen LogP contribution < -0.4 is 4.74 Å². The third kappa shape index (κ3) is 3.32. The summed E-state index contributed by atoms with van der Waals surface area (Å²) in [5.74, 6) is 0.540. The molecule has 0 atom stereocenters. The molecule has 0 amide bonds. The lowest BCUT2D eigenvalue weighted by atomic mass is 10.0. The summed E-state index contributed by atoms with van der Waals surface area (Å²) in [6.07, 6.45) is 0.796. The van der Waals surface area contributed by atoms with Crippen LogP contribution in [-0.2, 0) is 6.42 Å². The molecule has 1 aromatic rings. The van der Waals surface area contributed by atoms with E-state index in [1.165, 1.54) is 0 Å². The number of carbonyl (C=O) groups is 1. The SMILES string of the molecule is CCc1cc(C(=O)CO)ccc1OCCBr. The lowest BCUT2D eigenvalue weighted by molar-refractivity contribution is 0.0903. The standard InChI is InChI=1S/C12H15BrO3/c1-2-9-7-10(11(15)8-14)3-4-12(9)16-6-5-13/h3-4,7,14H,2,5-6,8H2,1H3. The minimum absolute atomic E-state index is 0.262. The van der Waals surface area contributed by atoms with Gasteiger partial charge in [0.15, 0.2) is 5.78 Å². The second kappa shape index (κ2) is 6.66. The van der Waals surface area contributed by atoms with Crippen molar-refractivity contribution in [1.29, 1.82) is 0 Å². The molecule has 1 rings (SSSR count). The first-order valence-electron chi connectivity index (χ1n) is 5.18. The Labute approximate surface area is 104 Å². The third-order valence-electron chi connectivity index (χ3n) is 2.24. The zero-order valence-electron chi connectivity index (χ0n) is 9.20. The highest BCUT2D eigenvalue weighted by molar-refractivity contribution is 9.09. The van der Waals surface area contributed by atoms with Gasteiger partial charge < -0.3 is 9.84 Å². The summed E-state index contributed by atoms with van der Waals surface area (Å²) in [7, 11) is 0. The summed E-state index contributed by atoms with van der Waals surface area (Å²) in [4.78, 5) is 11.3. The monoisotopic (exact) mass is 286 g/mol. The zero-order chi connectivity index (χ0) is 12.0. The van der Waals surface area contributed by atoms with Crippen LogP contribution in [0.1, 0.15) is 22.8 Å². The largest absolute Gasteiger partial charge is 0.492 e. The molecule has 0 radical (unpaired) electrons. The van der Waals surface area contributed by atoms with Gasteiger partial charge in [-0.3, -0.25) is 4.79 Å². The van der Waals surface area contributed by atoms with Crippen LogP contribution in [0.3, 0.4) is 0 Å². The quantitative estimate of drug-likeness (QED) is 0.644. The maximum atomic E-state index is 11.3. The second-order valence-corrected chi connectivity index (χ2v) is 4.09. The number of aliphatic hydroxyl groups is 1. The molecule has 0 bridgehead atoms. The Kier molecular flexibility index (Phi) is 5.49. The number of halogens is 1. The van der Waals surface area contributed by atoms with Gasteiger partial charge in [-0.25, -0.2) is 0 Å². The van der Waals surface area contributed by atoms with Crippen molar-refractivity contribution in [2.75, 3.05) is 18.5 Å². The summed E-state index contributed by atoms with van der Waals surface area (Å²) in [5.41, 5.74) is 1.52. The van der Waals surface area contributed by atoms with E-state index >= 15 is 0 Å². The highest BCUT2D eigenvalue weighted by Gasteiger charge is 2.08. The molecule has 0 aliphatic heterocycles. The molecule has 0 fully saturated rings. The van der Waals surface area contributed by atoms with Crippen LogP contribution in [0.4, 0.5) is 0 Å². The van der Waals surface area contributed by atoms with Gasteiger partial charge in [-0.2, -0.15) is 0 Å². The van der Waals surface area contributed by atoms with E-state index in [4.69, 9.17) is 9.84 Å². The smallest absolute Gasteiger partial charge is 0.188 e. The van der Waals surface area contributed by atoms with E-state index in [9.17, 15) is 4.79 Å². The number of aryl methyl sites for hydroxylation is 1. The average molecular weight is 287 g/mol. The third-order valence-corrected chi connectivity index (χ3v) is 2.57. The van der Waals surface area contributed by atoms with Crippen molar-refractivity contribution in [2.45, 2.75) is 13.3 Å². The summed E-state index contributed by atoms with van der Waals surface area (Å²) in [6.45, 7) is 2.15. The predicted octanol–water partition coefficient (Wildman–Crippen LogP) is 2.20. The maximum absolute atomic E-state index is 11.3. The average Bonchev–Trinajstić information content (AvgIpc) is 2.35. The van der Waals surface area contributed by atoms with Crippen LogP contribution >= 0.6 is 15.9 Å². The van der Waals surface area contributed by atoms with Crippen LogP contribution in [0.15, 0.2) is 18.2 Å². The molecule has 0 saturated carbocycles. The van der Waals surface area contributed by atoms with Gasteiger partial charge in [0.05, 0.1) is 6.61 Å². The minimum Gasteiger partial charge on any atom is -0.492 e. The molecule has 16 heavy (non-hydrogen) atoms. The molecule has 0 heterocycles. The fourth-order valence-corrected chi connectivity index (χ4v) is 1.57. The molecule has 0 aliphatic rings. The molecule has 0 spiro atoms. The van der Waals surface area contributed by atoms with Crippen molar-refractivity contribution in [3.8, 4) is 5.75 Å². The molecule has 4 heteroatoms. The van der Waals surface area contributed by atoms with Crippen molar-refractivity contribution in [3.05, 3.63) is 29.3 Å². The van der Waals surface area contributed by atoms with Gasteiger partial charge in [-0.05, 0) is 30.2 Å². The fraction of sp³-hybridized carbons (Fsp3) is 0.417. The van der Waals surface area contributed by atoms with Crippen molar-refractivity contribution in [1.82, 2.24) is 0 Å². The topological polar surface area (TPSA) is 46.5 Å². The van der Waals surface area contributed by atoms with Gasteiger partial charge in [0.25, 0.3) is 0 Å². The Morgan fingerprint density at radius 3 is 2.81 bits per heavy atom. The number of hydrogen-bond acceptors (Lipinski definition) is 3. The van der Waals surface area contributed by atoms with Crippen LogP contribution in [0, 0.1) is 0 Å². The summed E-state index contributed by atoms with van der Waals surface area (Å²) in [6, 6.07) is 5.24. The van der Waals surface area contributed by atoms with E-state index < -0.39 is 6.61 Å². The van der Waals surface area contributed by atoms with Gasteiger partial charge in [0.2, 0.25) is 0 Å². The van der Waals surface area contributed by atoms with Crippen LogP contribution in [-0.4, -0.2) is 29.4 Å². The van der Waals surface area contributed by atoms with Gasteiger partial charge >= 0.3 is 0 Å². The number of rotatable bonds is 6. The van der Waals surface area contributed by atoms with Crippen LogP contribution in [0.5, 0.6) is 5.75 Å². The van der Waals surface area contributed by atoms with Gasteiger partial charge in [0, 0.05) is 10.9 Å². The molecule has 0 aliphatic carbocycles. The van der Waals surface area contributed by atoms with Crippen LogP contribution in [0.2, 0.25) is 0 Å². The lowest BCUT2D eigenvalue weighted by Gasteiger charge is -2.10. The maximum Gasteiger partial charge on any atom is 0.188 e. The first-order chi connectivity index (χ1) is 7.72. The Morgan fingerprint density at radius 1 is 1.50 bits per heavy atom. The highest BCUT2D eigenvalue weighted by atomic mass is 79.9. The predicted molar refractivity (Wildman–Crippen MR) is 66.5 cm³/mol. The van der Waals surface area contributed by atoms with E-state index in [1.54, 1.807) is 18.2 Å². The number of Topliss-reactive ketones (excluding diaryl/α,β-unsaturated/α-hetero) is 1. The molecule has 3 nitrogen and oxygen atoms in total. The molecule has 0 aromatic heterocycles. The van der Waals surface area contributed by atoms with E-state index in [1.807, 2.05) is 6.92 Å². The normalized spacial score (nSPS) is 10.2. The van der Waals surface area contributed by atoms with Crippen molar-refractivity contribution in [2.24, 2.45) is 0 Å². The Morgan fingerprint density at radius 2 is 2.25 bits per heavy atom. The Bertz CT molecular complexity index is 363. The summed E-state index contributed by atoms with van der Waals surface area (Å²) in [5, 5.41) is 9.55. The van der Waals surface area contributed by atoms with Crippen molar-refractivity contribution < 1.29 is 14.6 Å². The first kappa shape index (κ1) is 13.2. The number of ether oxygens (including phenoxy) is 1. The molecular formula is C12H15BrO3. The number of hydrogen-bond donors (Lipinski definition) is 1. The number of alkyl halides is 1. The molecule has 88 valence electrons. The summed E-state index contributed by atoms with van der Waals surface area (Å²) >= 11 is 3.29. The molecule has 0 saturated heterocycles. The zero-order valence-corrected chi connectivity index (χ0v) is 10.8. The molecule has 1 aromatic carbocycles. The van der Waals surface area contributed by atoms with E-state index in [0.717, 1.165) is 23.1 Å². The summed E-state index contributed by atoms with van der Waals surface area (Å²) < 4.78 is 5.52. The van der Waals surface area contributed by atoms with Crippen LogP contribution in [0.25, 0.3) is 0 Å².